The highest BCUT2D eigenvalue weighted by Gasteiger charge is 2.26. The van der Waals surface area contributed by atoms with Gasteiger partial charge in [-0.05, 0) is 30.9 Å². The van der Waals surface area contributed by atoms with Crippen molar-refractivity contribution in [3.63, 3.8) is 0 Å². The van der Waals surface area contributed by atoms with Crippen molar-refractivity contribution in [3.05, 3.63) is 42.2 Å². The number of aromatic nitrogens is 2. The molecule has 0 spiro atoms. The number of piperidine rings is 1. The quantitative estimate of drug-likeness (QED) is 0.805. The Hall–Kier alpha value is -2.90. The summed E-state index contributed by atoms with van der Waals surface area (Å²) in [5.74, 6) is 1.64. The number of rotatable bonds is 3. The van der Waals surface area contributed by atoms with Crippen LogP contribution in [0.4, 0.5) is 5.82 Å². The molecule has 2 fully saturated rings. The first-order valence-corrected chi connectivity index (χ1v) is 9.81. The largest absolute Gasteiger partial charge is 0.459 e. The molecular weight excluding hydrogens is 358 g/mol. The third-order valence-corrected chi connectivity index (χ3v) is 5.57. The van der Waals surface area contributed by atoms with Gasteiger partial charge in [0.1, 0.15) is 17.8 Å². The lowest BCUT2D eigenvalue weighted by Gasteiger charge is -2.35. The fourth-order valence-corrected chi connectivity index (χ4v) is 3.71. The Bertz CT molecular complexity index is 822. The lowest BCUT2D eigenvalue weighted by molar-refractivity contribution is 0.0690. The van der Waals surface area contributed by atoms with Gasteiger partial charge in [-0.25, -0.2) is 9.97 Å². The summed E-state index contributed by atoms with van der Waals surface area (Å²) in [4.78, 5) is 39.4. The Kier molecular flexibility index (Phi) is 5.27. The number of carbonyl (C=O) groups is 2. The van der Waals surface area contributed by atoms with Crippen molar-refractivity contribution in [2.45, 2.75) is 19.8 Å². The van der Waals surface area contributed by atoms with Crippen LogP contribution in [0, 0.1) is 5.92 Å². The summed E-state index contributed by atoms with van der Waals surface area (Å²) < 4.78 is 5.20. The average molecular weight is 383 g/mol. The first-order valence-electron chi connectivity index (χ1n) is 9.81. The van der Waals surface area contributed by atoms with Crippen LogP contribution >= 0.6 is 0 Å². The van der Waals surface area contributed by atoms with Crippen molar-refractivity contribution in [1.29, 1.82) is 0 Å². The molecule has 0 aliphatic carbocycles. The van der Waals surface area contributed by atoms with Gasteiger partial charge in [-0.3, -0.25) is 9.59 Å². The fraction of sp³-hybridized carbons (Fsp3) is 0.500. The molecule has 28 heavy (non-hydrogen) atoms. The highest BCUT2D eigenvalue weighted by atomic mass is 16.3. The summed E-state index contributed by atoms with van der Waals surface area (Å²) >= 11 is 0. The zero-order valence-corrected chi connectivity index (χ0v) is 16.1. The lowest BCUT2D eigenvalue weighted by Crippen LogP contribution is -2.49. The van der Waals surface area contributed by atoms with Crippen LogP contribution in [-0.4, -0.2) is 70.9 Å². The van der Waals surface area contributed by atoms with E-state index in [0.717, 1.165) is 31.7 Å². The van der Waals surface area contributed by atoms with Crippen molar-refractivity contribution in [2.24, 2.45) is 5.92 Å². The van der Waals surface area contributed by atoms with Crippen molar-refractivity contribution >= 4 is 17.6 Å². The molecule has 0 bridgehead atoms. The molecule has 4 rings (SSSR count). The van der Waals surface area contributed by atoms with Crippen LogP contribution in [0.25, 0.3) is 0 Å². The monoisotopic (exact) mass is 383 g/mol. The summed E-state index contributed by atoms with van der Waals surface area (Å²) in [6.45, 7) is 6.25. The molecule has 2 aliphatic heterocycles. The van der Waals surface area contributed by atoms with E-state index in [1.54, 1.807) is 23.1 Å². The molecule has 2 saturated heterocycles. The van der Waals surface area contributed by atoms with Gasteiger partial charge in [0.05, 0.1) is 6.26 Å². The third kappa shape index (κ3) is 3.85. The summed E-state index contributed by atoms with van der Waals surface area (Å²) in [5.41, 5.74) is 0.439. The number of likely N-dealkylation sites (tertiary alicyclic amines) is 1. The van der Waals surface area contributed by atoms with Gasteiger partial charge in [0.25, 0.3) is 11.8 Å². The van der Waals surface area contributed by atoms with Gasteiger partial charge in [-0.2, -0.15) is 0 Å². The fourth-order valence-electron chi connectivity index (χ4n) is 3.71. The number of anilines is 1. The van der Waals surface area contributed by atoms with E-state index < -0.39 is 0 Å². The van der Waals surface area contributed by atoms with Gasteiger partial charge in [-0.1, -0.05) is 6.92 Å². The Morgan fingerprint density at radius 3 is 2.39 bits per heavy atom. The van der Waals surface area contributed by atoms with Gasteiger partial charge < -0.3 is 19.1 Å². The first-order chi connectivity index (χ1) is 13.6. The van der Waals surface area contributed by atoms with Crippen LogP contribution in [0.1, 0.15) is 40.8 Å². The van der Waals surface area contributed by atoms with E-state index in [1.807, 2.05) is 4.90 Å². The minimum atomic E-state index is -0.0949. The molecule has 4 heterocycles. The number of furan rings is 1. The Labute approximate surface area is 164 Å². The Morgan fingerprint density at radius 1 is 1.00 bits per heavy atom. The minimum absolute atomic E-state index is 0.0258. The lowest BCUT2D eigenvalue weighted by atomic mass is 9.99. The molecule has 2 aliphatic rings. The average Bonchev–Trinajstić information content (AvgIpc) is 3.28. The molecule has 0 atom stereocenters. The Morgan fingerprint density at radius 2 is 1.71 bits per heavy atom. The number of nitrogens with zero attached hydrogens (tertiary/aromatic N) is 5. The molecule has 2 aromatic heterocycles. The number of piperazine rings is 1. The third-order valence-electron chi connectivity index (χ3n) is 5.57. The van der Waals surface area contributed by atoms with E-state index in [9.17, 15) is 9.59 Å². The van der Waals surface area contributed by atoms with Gasteiger partial charge in [-0.15, -0.1) is 0 Å². The van der Waals surface area contributed by atoms with Crippen LogP contribution in [0.2, 0.25) is 0 Å². The second-order valence-electron chi connectivity index (χ2n) is 7.49. The van der Waals surface area contributed by atoms with E-state index in [1.165, 1.54) is 12.6 Å². The van der Waals surface area contributed by atoms with Gasteiger partial charge in [0.15, 0.2) is 5.76 Å². The smallest absolute Gasteiger partial charge is 0.289 e. The molecule has 2 aromatic rings. The SMILES string of the molecule is CC1CCN(C(=O)c2cc(N3CCN(C(=O)c4ccco4)CC3)ncn2)CC1. The predicted octanol–water partition coefficient (Wildman–Crippen LogP) is 1.90. The second kappa shape index (κ2) is 8.00. The second-order valence-corrected chi connectivity index (χ2v) is 7.49. The topological polar surface area (TPSA) is 82.8 Å². The molecule has 0 N–H and O–H groups in total. The van der Waals surface area contributed by atoms with Gasteiger partial charge >= 0.3 is 0 Å². The molecule has 0 unspecified atom stereocenters. The normalized spacial score (nSPS) is 18.4. The van der Waals surface area contributed by atoms with E-state index in [0.29, 0.717) is 43.6 Å². The van der Waals surface area contributed by atoms with Gasteiger partial charge in [0.2, 0.25) is 0 Å². The van der Waals surface area contributed by atoms with Crippen molar-refractivity contribution in [1.82, 2.24) is 19.8 Å². The number of amides is 2. The van der Waals surface area contributed by atoms with Crippen LogP contribution in [0.15, 0.2) is 35.2 Å². The molecule has 0 radical (unpaired) electrons. The number of hydrogen-bond acceptors (Lipinski definition) is 6. The summed E-state index contributed by atoms with van der Waals surface area (Å²) in [5, 5.41) is 0. The van der Waals surface area contributed by atoms with Crippen molar-refractivity contribution in [2.75, 3.05) is 44.2 Å². The molecule has 2 amide bonds. The summed E-state index contributed by atoms with van der Waals surface area (Å²) in [6.07, 6.45) is 5.03. The van der Waals surface area contributed by atoms with E-state index in [-0.39, 0.29) is 11.8 Å². The van der Waals surface area contributed by atoms with E-state index >= 15 is 0 Å². The zero-order chi connectivity index (χ0) is 19.5. The molecular formula is C20H25N5O3. The molecule has 8 heteroatoms. The highest BCUT2D eigenvalue weighted by molar-refractivity contribution is 5.93. The van der Waals surface area contributed by atoms with E-state index in [2.05, 4.69) is 21.8 Å². The highest BCUT2D eigenvalue weighted by Crippen LogP contribution is 2.20. The molecule has 0 aromatic carbocycles. The number of carbonyl (C=O) groups excluding carboxylic acids is 2. The van der Waals surface area contributed by atoms with Crippen LogP contribution < -0.4 is 4.90 Å². The molecule has 148 valence electrons. The zero-order valence-electron chi connectivity index (χ0n) is 16.1. The Balaban J connectivity index is 1.38. The predicted molar refractivity (Wildman–Crippen MR) is 103 cm³/mol. The summed E-state index contributed by atoms with van der Waals surface area (Å²) in [6, 6.07) is 5.16. The molecule has 8 nitrogen and oxygen atoms in total. The van der Waals surface area contributed by atoms with Crippen LogP contribution in [0.3, 0.4) is 0 Å². The maximum Gasteiger partial charge on any atom is 0.289 e. The standard InChI is InChI=1S/C20H25N5O3/c1-15-4-6-24(7-5-15)19(26)16-13-18(22-14-21-16)23-8-10-25(11-9-23)20(27)17-3-2-12-28-17/h2-3,12-15H,4-11H2,1H3. The maximum atomic E-state index is 12.8. The maximum absolute atomic E-state index is 12.8. The van der Waals surface area contributed by atoms with Crippen molar-refractivity contribution < 1.29 is 14.0 Å². The molecule has 0 saturated carbocycles. The number of hydrogen-bond donors (Lipinski definition) is 0. The van der Waals surface area contributed by atoms with Crippen molar-refractivity contribution in [3.8, 4) is 0 Å². The van der Waals surface area contributed by atoms with Gasteiger partial charge in [0, 0.05) is 45.3 Å². The summed E-state index contributed by atoms with van der Waals surface area (Å²) in [7, 11) is 0. The minimum Gasteiger partial charge on any atom is -0.459 e. The first kappa shape index (κ1) is 18.5. The van der Waals surface area contributed by atoms with E-state index in [4.69, 9.17) is 4.42 Å². The van der Waals surface area contributed by atoms with Crippen LogP contribution in [0.5, 0.6) is 0 Å². The van der Waals surface area contributed by atoms with Crippen LogP contribution in [-0.2, 0) is 0 Å².